The van der Waals surface area contributed by atoms with Crippen molar-refractivity contribution in [3.8, 4) is 0 Å². The summed E-state index contributed by atoms with van der Waals surface area (Å²) in [7, 11) is 0. The minimum Gasteiger partial charge on any atom is -0.392 e. The van der Waals surface area contributed by atoms with Crippen molar-refractivity contribution in [1.82, 2.24) is 4.98 Å². The lowest BCUT2D eigenvalue weighted by Gasteiger charge is -2.19. The van der Waals surface area contributed by atoms with Crippen LogP contribution in [0.1, 0.15) is 36.0 Å². The Morgan fingerprint density at radius 2 is 1.97 bits per heavy atom. The molecule has 152 valence electrons. The fourth-order valence-electron chi connectivity index (χ4n) is 5.05. The van der Waals surface area contributed by atoms with Crippen molar-refractivity contribution in [2.45, 2.75) is 51.2 Å². The number of aromatic nitrogens is 1. The molecule has 1 fully saturated rings. The molecule has 2 aliphatic rings. The number of aliphatic hydroxyl groups excluding tert-OH is 2. The van der Waals surface area contributed by atoms with Crippen molar-refractivity contribution in [2.75, 3.05) is 0 Å². The molecule has 0 unspecified atom stereocenters. The highest BCUT2D eigenvalue weighted by Gasteiger charge is 2.43. The molecule has 0 saturated heterocycles. The van der Waals surface area contributed by atoms with Crippen LogP contribution >= 0.6 is 0 Å². The lowest BCUT2D eigenvalue weighted by atomic mass is 9.88. The lowest BCUT2D eigenvalue weighted by Crippen LogP contribution is -2.18. The van der Waals surface area contributed by atoms with E-state index in [2.05, 4.69) is 54.4 Å². The van der Waals surface area contributed by atoms with Crippen LogP contribution in [0.25, 0.3) is 0 Å². The zero-order chi connectivity index (χ0) is 20.2. The van der Waals surface area contributed by atoms with E-state index in [1.807, 2.05) is 24.5 Å². The average molecular weight is 390 g/mol. The van der Waals surface area contributed by atoms with Gasteiger partial charge in [0.25, 0.3) is 0 Å². The Morgan fingerprint density at radius 1 is 1.14 bits per heavy atom. The monoisotopic (exact) mass is 389 g/mol. The van der Waals surface area contributed by atoms with E-state index in [0.717, 1.165) is 31.2 Å². The summed E-state index contributed by atoms with van der Waals surface area (Å²) in [5.41, 5.74) is 5.20. The van der Waals surface area contributed by atoms with Gasteiger partial charge >= 0.3 is 0 Å². The van der Waals surface area contributed by atoms with E-state index < -0.39 is 6.10 Å². The third-order valence-corrected chi connectivity index (χ3v) is 6.52. The first-order valence-electron chi connectivity index (χ1n) is 10.8. The second kappa shape index (κ2) is 9.06. The summed E-state index contributed by atoms with van der Waals surface area (Å²) >= 11 is 0. The zero-order valence-corrected chi connectivity index (χ0v) is 17.1. The summed E-state index contributed by atoms with van der Waals surface area (Å²) in [6, 6.07) is 12.4. The summed E-state index contributed by atoms with van der Waals surface area (Å²) in [5.74, 6) is 1.09. The van der Waals surface area contributed by atoms with E-state index in [1.165, 1.54) is 16.7 Å². The van der Waals surface area contributed by atoms with E-state index >= 15 is 0 Å². The van der Waals surface area contributed by atoms with Gasteiger partial charge in [0.15, 0.2) is 0 Å². The molecule has 5 atom stereocenters. The lowest BCUT2D eigenvalue weighted by molar-refractivity contribution is 0.140. The van der Waals surface area contributed by atoms with Gasteiger partial charge < -0.3 is 10.2 Å². The molecular weight excluding hydrogens is 358 g/mol. The Bertz CT molecular complexity index is 873. The SMILES string of the molecule is Cc1cccc(C[C@H](O)/C=C/[C@@H]2[C@H]3CC(CCc4ccncc4)=C[C@H]3C[C@H]2O)c1. The third-order valence-electron chi connectivity index (χ3n) is 6.52. The Labute approximate surface area is 173 Å². The number of allylic oxidation sites excluding steroid dienone is 2. The second-order valence-electron chi connectivity index (χ2n) is 8.74. The van der Waals surface area contributed by atoms with Crippen molar-refractivity contribution < 1.29 is 10.2 Å². The smallest absolute Gasteiger partial charge is 0.0761 e. The molecule has 0 radical (unpaired) electrons. The molecule has 2 N–H and O–H groups in total. The van der Waals surface area contributed by atoms with Gasteiger partial charge in [0.1, 0.15) is 0 Å². The Balaban J connectivity index is 1.33. The van der Waals surface area contributed by atoms with Crippen LogP contribution in [0.3, 0.4) is 0 Å². The largest absolute Gasteiger partial charge is 0.392 e. The van der Waals surface area contributed by atoms with Crippen LogP contribution in [-0.2, 0) is 12.8 Å². The number of fused-ring (bicyclic) bond motifs is 1. The predicted octanol–water partition coefficient (Wildman–Crippen LogP) is 4.43. The van der Waals surface area contributed by atoms with Gasteiger partial charge in [-0.2, -0.15) is 0 Å². The quantitative estimate of drug-likeness (QED) is 0.689. The molecule has 0 spiro atoms. The van der Waals surface area contributed by atoms with Gasteiger partial charge in [0.2, 0.25) is 0 Å². The molecule has 1 saturated carbocycles. The van der Waals surface area contributed by atoms with E-state index in [9.17, 15) is 10.2 Å². The van der Waals surface area contributed by atoms with Gasteiger partial charge in [-0.3, -0.25) is 4.98 Å². The van der Waals surface area contributed by atoms with E-state index in [4.69, 9.17) is 0 Å². The number of benzene rings is 1. The highest BCUT2D eigenvalue weighted by atomic mass is 16.3. The minimum absolute atomic E-state index is 0.141. The van der Waals surface area contributed by atoms with E-state index in [0.29, 0.717) is 18.3 Å². The second-order valence-corrected chi connectivity index (χ2v) is 8.74. The molecule has 2 aromatic rings. The maximum atomic E-state index is 10.6. The van der Waals surface area contributed by atoms with Crippen LogP contribution in [0.15, 0.2) is 72.6 Å². The van der Waals surface area contributed by atoms with Crippen molar-refractivity contribution in [1.29, 1.82) is 0 Å². The number of nitrogens with zero attached hydrogens (tertiary/aromatic N) is 1. The van der Waals surface area contributed by atoms with Gasteiger partial charge in [-0.05, 0) is 67.7 Å². The molecule has 1 aromatic heterocycles. The van der Waals surface area contributed by atoms with Gasteiger partial charge in [-0.1, -0.05) is 53.6 Å². The molecule has 1 heterocycles. The normalized spacial score (nSPS) is 27.2. The van der Waals surface area contributed by atoms with Crippen LogP contribution in [0.4, 0.5) is 0 Å². The number of rotatable bonds is 7. The van der Waals surface area contributed by atoms with Crippen molar-refractivity contribution in [3.63, 3.8) is 0 Å². The molecule has 3 nitrogen and oxygen atoms in total. The molecule has 1 aromatic carbocycles. The molecule has 2 aliphatic carbocycles. The standard InChI is InChI=1S/C26H31NO2/c1-18-3-2-4-20(13-18)15-23(28)7-8-24-25-16-21(14-22(25)17-26(24)29)6-5-19-9-11-27-12-10-19/h2-4,7-14,22-26,28-29H,5-6,15-17H2,1H3/b8-7+/t22-,23+,24+,25-,26+/m0/s1. The zero-order valence-electron chi connectivity index (χ0n) is 17.1. The molecule has 4 rings (SSSR count). The minimum atomic E-state index is -0.511. The van der Waals surface area contributed by atoms with E-state index in [-0.39, 0.29) is 12.0 Å². The van der Waals surface area contributed by atoms with Crippen LogP contribution in [0, 0.1) is 24.7 Å². The Hall–Kier alpha value is -2.23. The molecule has 0 amide bonds. The fraction of sp³-hybridized carbons (Fsp3) is 0.423. The average Bonchev–Trinajstić information content (AvgIpc) is 3.22. The highest BCUT2D eigenvalue weighted by molar-refractivity contribution is 5.25. The first-order chi connectivity index (χ1) is 14.1. The summed E-state index contributed by atoms with van der Waals surface area (Å²) in [6.07, 6.45) is 13.9. The molecule has 0 aliphatic heterocycles. The summed E-state index contributed by atoms with van der Waals surface area (Å²) in [5, 5.41) is 21.0. The fourth-order valence-corrected chi connectivity index (χ4v) is 5.05. The molecule has 29 heavy (non-hydrogen) atoms. The molecule has 3 heteroatoms. The third kappa shape index (κ3) is 5.04. The number of pyridine rings is 1. The van der Waals surface area contributed by atoms with Crippen LogP contribution in [0.5, 0.6) is 0 Å². The van der Waals surface area contributed by atoms with Crippen molar-refractivity contribution >= 4 is 0 Å². The first kappa shape index (κ1) is 20.1. The Morgan fingerprint density at radius 3 is 2.76 bits per heavy atom. The summed E-state index contributed by atoms with van der Waals surface area (Å²) in [4.78, 5) is 4.08. The maximum Gasteiger partial charge on any atom is 0.0761 e. The van der Waals surface area contributed by atoms with Gasteiger partial charge in [-0.25, -0.2) is 0 Å². The molecule has 0 bridgehead atoms. The maximum absolute atomic E-state index is 10.6. The Kier molecular flexibility index (Phi) is 6.27. The number of aliphatic hydroxyl groups is 2. The van der Waals surface area contributed by atoms with Gasteiger partial charge in [-0.15, -0.1) is 0 Å². The molecular formula is C26H31NO2. The summed E-state index contributed by atoms with van der Waals surface area (Å²) in [6.45, 7) is 2.07. The number of hydrogen-bond acceptors (Lipinski definition) is 3. The number of hydrogen-bond donors (Lipinski definition) is 2. The van der Waals surface area contributed by atoms with Gasteiger partial charge in [0, 0.05) is 24.7 Å². The predicted molar refractivity (Wildman–Crippen MR) is 116 cm³/mol. The highest BCUT2D eigenvalue weighted by Crippen LogP contribution is 2.48. The summed E-state index contributed by atoms with van der Waals surface area (Å²) < 4.78 is 0. The first-order valence-corrected chi connectivity index (χ1v) is 10.8. The van der Waals surface area contributed by atoms with Crippen molar-refractivity contribution in [3.05, 3.63) is 89.3 Å². The van der Waals surface area contributed by atoms with Crippen LogP contribution in [0.2, 0.25) is 0 Å². The van der Waals surface area contributed by atoms with Crippen molar-refractivity contribution in [2.24, 2.45) is 17.8 Å². The van der Waals surface area contributed by atoms with Gasteiger partial charge in [0.05, 0.1) is 12.2 Å². The van der Waals surface area contributed by atoms with Crippen LogP contribution < -0.4 is 0 Å². The van der Waals surface area contributed by atoms with Crippen LogP contribution in [-0.4, -0.2) is 27.4 Å². The topological polar surface area (TPSA) is 53.4 Å². The number of aryl methyl sites for hydroxylation is 2. The van der Waals surface area contributed by atoms with E-state index in [1.54, 1.807) is 0 Å².